The van der Waals surface area contributed by atoms with Crippen molar-refractivity contribution in [2.24, 2.45) is 0 Å². The highest BCUT2D eigenvalue weighted by molar-refractivity contribution is 5.98. The summed E-state index contributed by atoms with van der Waals surface area (Å²) in [5, 5.41) is 1.76. The zero-order chi connectivity index (χ0) is 19.0. The summed E-state index contributed by atoms with van der Waals surface area (Å²) in [6.07, 6.45) is 3.79. The van der Waals surface area contributed by atoms with Gasteiger partial charge in [-0.1, -0.05) is 12.1 Å². The Morgan fingerprint density at radius 2 is 2.15 bits per heavy atom. The molecule has 140 valence electrons. The Kier molecular flexibility index (Phi) is 4.68. The fourth-order valence-corrected chi connectivity index (χ4v) is 3.66. The van der Waals surface area contributed by atoms with E-state index in [1.54, 1.807) is 18.3 Å². The molecule has 0 amide bonds. The molecule has 6 heteroatoms. The van der Waals surface area contributed by atoms with Crippen LogP contribution in [0.25, 0.3) is 21.9 Å². The maximum absolute atomic E-state index is 14.5. The number of hydrogen-bond donors (Lipinski definition) is 2. The van der Waals surface area contributed by atoms with Gasteiger partial charge < -0.3 is 5.73 Å². The Hall–Kier alpha value is -2.70. The monoisotopic (exact) mass is 366 g/mol. The molecule has 0 spiro atoms. The van der Waals surface area contributed by atoms with E-state index in [0.717, 1.165) is 47.0 Å². The number of benzene rings is 2. The zero-order valence-electron chi connectivity index (χ0n) is 15.5. The maximum Gasteiger partial charge on any atom is 0.138 e. The van der Waals surface area contributed by atoms with Crippen molar-refractivity contribution in [2.75, 3.05) is 24.8 Å². The fraction of sp³-hybridized carbons (Fsp3) is 0.286. The lowest BCUT2D eigenvalue weighted by atomic mass is 9.97. The van der Waals surface area contributed by atoms with Gasteiger partial charge in [-0.05, 0) is 62.2 Å². The lowest BCUT2D eigenvalue weighted by molar-refractivity contribution is 0.00944. The van der Waals surface area contributed by atoms with E-state index in [9.17, 15) is 4.39 Å². The number of rotatable bonds is 4. The minimum absolute atomic E-state index is 0.0121. The number of fused-ring (bicyclic) bond motifs is 1. The van der Waals surface area contributed by atoms with Crippen molar-refractivity contribution in [1.29, 1.82) is 0 Å². The second kappa shape index (κ2) is 7.13. The molecule has 0 aliphatic carbocycles. The molecule has 0 saturated carbocycles. The highest BCUT2D eigenvalue weighted by Crippen LogP contribution is 2.34. The average molecular weight is 366 g/mol. The van der Waals surface area contributed by atoms with Gasteiger partial charge in [0.25, 0.3) is 0 Å². The second-order valence-electron chi connectivity index (χ2n) is 7.08. The molecule has 3 aromatic rings. The van der Waals surface area contributed by atoms with Gasteiger partial charge in [-0.2, -0.15) is 0 Å². The summed E-state index contributed by atoms with van der Waals surface area (Å²) >= 11 is 0. The van der Waals surface area contributed by atoms with Gasteiger partial charge in [-0.15, -0.1) is 0 Å². The van der Waals surface area contributed by atoms with Gasteiger partial charge in [0.15, 0.2) is 0 Å². The van der Waals surface area contributed by atoms with E-state index >= 15 is 0 Å². The van der Waals surface area contributed by atoms with E-state index < -0.39 is 0 Å². The van der Waals surface area contributed by atoms with E-state index in [2.05, 4.69) is 15.4 Å². The quantitative estimate of drug-likeness (QED) is 0.673. The molecule has 5 nitrogen and oxygen atoms in total. The summed E-state index contributed by atoms with van der Waals surface area (Å²) in [5.41, 5.74) is 12.0. The molecular weight excluding hydrogens is 343 g/mol. The lowest BCUT2D eigenvalue weighted by Crippen LogP contribution is -2.29. The Balaban J connectivity index is 1.79. The van der Waals surface area contributed by atoms with Crippen molar-refractivity contribution in [3.8, 4) is 11.1 Å². The van der Waals surface area contributed by atoms with Gasteiger partial charge in [0.2, 0.25) is 0 Å². The lowest BCUT2D eigenvalue weighted by Gasteiger charge is -2.21. The van der Waals surface area contributed by atoms with Crippen LogP contribution in [0.15, 0.2) is 42.6 Å². The summed E-state index contributed by atoms with van der Waals surface area (Å²) in [6.45, 7) is 2.92. The molecular formula is C21H23FN4O. The molecule has 4 rings (SSSR count). The largest absolute Gasteiger partial charge is 0.384 e. The van der Waals surface area contributed by atoms with Gasteiger partial charge in [-0.25, -0.2) is 9.37 Å². The van der Waals surface area contributed by atoms with Gasteiger partial charge in [0.1, 0.15) is 17.9 Å². The number of anilines is 2. The normalized spacial score (nSPS) is 17.5. The zero-order valence-corrected chi connectivity index (χ0v) is 15.5. The predicted molar refractivity (Wildman–Crippen MR) is 107 cm³/mol. The van der Waals surface area contributed by atoms with Crippen LogP contribution in [-0.2, 0) is 4.84 Å². The number of pyridine rings is 1. The Bertz CT molecular complexity index is 971. The summed E-state index contributed by atoms with van der Waals surface area (Å²) in [6, 6.07) is 10.7. The number of halogens is 1. The predicted octanol–water partition coefficient (Wildman–Crippen LogP) is 4.33. The van der Waals surface area contributed by atoms with Crippen LogP contribution in [0, 0.1) is 12.7 Å². The molecule has 0 radical (unpaired) electrons. The first-order valence-electron chi connectivity index (χ1n) is 9.09. The molecule has 1 aliphatic rings. The van der Waals surface area contributed by atoms with Gasteiger partial charge >= 0.3 is 0 Å². The first kappa shape index (κ1) is 17.7. The molecule has 1 aromatic heterocycles. The second-order valence-corrected chi connectivity index (χ2v) is 7.08. The van der Waals surface area contributed by atoms with E-state index in [4.69, 9.17) is 10.6 Å². The summed E-state index contributed by atoms with van der Waals surface area (Å²) in [5.74, 6) is 0.179. The van der Waals surface area contributed by atoms with Gasteiger partial charge in [0.05, 0.1) is 5.69 Å². The van der Waals surface area contributed by atoms with Crippen molar-refractivity contribution in [1.82, 2.24) is 9.88 Å². The Labute approximate surface area is 157 Å². The molecule has 0 bridgehead atoms. The van der Waals surface area contributed by atoms with Crippen LogP contribution in [0.3, 0.4) is 0 Å². The average Bonchev–Trinajstić information content (AvgIpc) is 3.05. The van der Waals surface area contributed by atoms with Crippen molar-refractivity contribution in [3.63, 3.8) is 0 Å². The first-order chi connectivity index (χ1) is 13.0. The van der Waals surface area contributed by atoms with E-state index in [-0.39, 0.29) is 12.0 Å². The number of nitrogens with two attached hydrogens (primary N) is 1. The Morgan fingerprint density at radius 3 is 2.89 bits per heavy atom. The molecule has 1 unspecified atom stereocenters. The number of likely N-dealkylation sites (tertiary alicyclic amines) is 1. The number of nitrogens with one attached hydrogen (secondary N) is 1. The van der Waals surface area contributed by atoms with E-state index in [1.807, 2.05) is 32.2 Å². The van der Waals surface area contributed by atoms with Crippen LogP contribution < -0.4 is 11.2 Å². The van der Waals surface area contributed by atoms with Gasteiger partial charge in [0, 0.05) is 29.1 Å². The van der Waals surface area contributed by atoms with Crippen LogP contribution in [0.1, 0.15) is 18.4 Å². The van der Waals surface area contributed by atoms with Crippen molar-refractivity contribution >= 4 is 22.3 Å². The first-order valence-corrected chi connectivity index (χ1v) is 9.09. The van der Waals surface area contributed by atoms with Gasteiger partial charge in [-0.3, -0.25) is 15.2 Å². The number of nitrogens with zero attached hydrogens (tertiary/aromatic N) is 2. The highest BCUT2D eigenvalue weighted by Gasteiger charge is 2.22. The van der Waals surface area contributed by atoms with Crippen LogP contribution in [-0.4, -0.2) is 29.7 Å². The minimum atomic E-state index is -0.250. The molecule has 2 aromatic carbocycles. The molecule has 3 N–H and O–H groups in total. The number of hydrogen-bond acceptors (Lipinski definition) is 5. The SMILES string of the molecule is Cc1cccc(F)c1-c1cc(NOC2CCCN2C)c2cc(N)ncc2c1. The fourth-order valence-electron chi connectivity index (χ4n) is 3.66. The van der Waals surface area contributed by atoms with Crippen LogP contribution in [0.5, 0.6) is 0 Å². The smallest absolute Gasteiger partial charge is 0.138 e. The molecule has 1 aliphatic heterocycles. The van der Waals surface area contributed by atoms with Crippen LogP contribution in [0.4, 0.5) is 15.9 Å². The third-order valence-corrected chi connectivity index (χ3v) is 5.13. The Morgan fingerprint density at radius 1 is 1.30 bits per heavy atom. The molecule has 2 heterocycles. The molecule has 27 heavy (non-hydrogen) atoms. The molecule has 1 fully saturated rings. The highest BCUT2D eigenvalue weighted by atomic mass is 19.1. The minimum Gasteiger partial charge on any atom is -0.384 e. The van der Waals surface area contributed by atoms with E-state index in [0.29, 0.717) is 11.4 Å². The number of aromatic nitrogens is 1. The number of nitrogen functional groups attached to an aromatic ring is 1. The number of aryl methyl sites for hydroxylation is 1. The third-order valence-electron chi connectivity index (χ3n) is 5.13. The summed E-state index contributed by atoms with van der Waals surface area (Å²) < 4.78 is 14.5. The summed E-state index contributed by atoms with van der Waals surface area (Å²) in [4.78, 5) is 12.3. The summed E-state index contributed by atoms with van der Waals surface area (Å²) in [7, 11) is 2.04. The van der Waals surface area contributed by atoms with Crippen LogP contribution in [0.2, 0.25) is 0 Å². The van der Waals surface area contributed by atoms with Crippen LogP contribution >= 0.6 is 0 Å². The topological polar surface area (TPSA) is 63.4 Å². The standard InChI is InChI=1S/C21H23FN4O/c1-13-5-3-6-17(22)21(13)14-9-15-12-24-19(23)11-16(15)18(10-14)25-27-20-7-4-8-26(20)2/h3,5-6,9-12,20,25H,4,7-8H2,1-2H3,(H2,23,24). The molecule has 1 atom stereocenters. The van der Waals surface area contributed by atoms with Crippen molar-refractivity contribution < 1.29 is 9.23 Å². The van der Waals surface area contributed by atoms with Crippen molar-refractivity contribution in [3.05, 3.63) is 54.0 Å². The van der Waals surface area contributed by atoms with E-state index in [1.165, 1.54) is 6.07 Å². The third kappa shape index (κ3) is 3.46. The maximum atomic E-state index is 14.5. The van der Waals surface area contributed by atoms with Crippen molar-refractivity contribution in [2.45, 2.75) is 26.0 Å². The molecule has 1 saturated heterocycles.